The quantitative estimate of drug-likeness (QED) is 0.271. The number of anilines is 1. The average molecular weight is 520 g/mol. The van der Waals surface area contributed by atoms with Gasteiger partial charge in [0.1, 0.15) is 11.5 Å². The summed E-state index contributed by atoms with van der Waals surface area (Å²) in [7, 11) is 0. The second kappa shape index (κ2) is 11.9. The van der Waals surface area contributed by atoms with Crippen LogP contribution in [0.2, 0.25) is 0 Å². The van der Waals surface area contributed by atoms with Crippen molar-refractivity contribution in [1.29, 1.82) is 0 Å². The number of rotatable bonds is 10. The van der Waals surface area contributed by atoms with E-state index < -0.39 is 0 Å². The van der Waals surface area contributed by atoms with E-state index >= 15 is 0 Å². The Labute approximate surface area is 221 Å². The van der Waals surface area contributed by atoms with E-state index in [9.17, 15) is 4.79 Å². The summed E-state index contributed by atoms with van der Waals surface area (Å²) in [6, 6.07) is 17.8. The van der Waals surface area contributed by atoms with Crippen LogP contribution >= 0.6 is 11.3 Å². The first-order valence-corrected chi connectivity index (χ1v) is 13.8. The number of amides is 1. The summed E-state index contributed by atoms with van der Waals surface area (Å²) in [5.41, 5.74) is 1.44. The normalized spacial score (nSPS) is 14.2. The van der Waals surface area contributed by atoms with Crippen LogP contribution in [0.5, 0.6) is 11.5 Å². The number of morpholine rings is 1. The third kappa shape index (κ3) is 5.71. The van der Waals surface area contributed by atoms with Gasteiger partial charge in [-0.15, -0.1) is 0 Å². The number of ether oxygens (including phenoxy) is 3. The molecular formula is C29H33N3O4S. The first-order valence-electron chi connectivity index (χ1n) is 13.0. The fraction of sp³-hybridized carbons (Fsp3) is 0.379. The molecule has 1 amide bonds. The molecule has 3 aromatic carbocycles. The van der Waals surface area contributed by atoms with Crippen LogP contribution in [0.1, 0.15) is 30.6 Å². The number of aromatic nitrogens is 1. The van der Waals surface area contributed by atoms with E-state index in [-0.39, 0.29) is 5.91 Å². The van der Waals surface area contributed by atoms with Crippen LogP contribution in [0, 0.1) is 0 Å². The zero-order chi connectivity index (χ0) is 25.6. The second-order valence-corrected chi connectivity index (χ2v) is 9.93. The maximum absolute atomic E-state index is 14.3. The molecule has 0 unspecified atom stereocenters. The maximum Gasteiger partial charge on any atom is 0.264 e. The van der Waals surface area contributed by atoms with E-state index in [1.54, 1.807) is 0 Å². The lowest BCUT2D eigenvalue weighted by atomic mass is 10.0. The van der Waals surface area contributed by atoms with Crippen LogP contribution in [0.25, 0.3) is 21.0 Å². The van der Waals surface area contributed by atoms with E-state index in [4.69, 9.17) is 19.2 Å². The Balaban J connectivity index is 1.52. The van der Waals surface area contributed by atoms with Crippen molar-refractivity contribution in [2.24, 2.45) is 0 Å². The molecule has 4 aromatic rings. The zero-order valence-corrected chi connectivity index (χ0v) is 22.3. The first-order chi connectivity index (χ1) is 18.2. The Morgan fingerprint density at radius 3 is 2.68 bits per heavy atom. The number of nitrogens with zero attached hydrogens (tertiary/aromatic N) is 3. The smallest absolute Gasteiger partial charge is 0.264 e. The van der Waals surface area contributed by atoms with E-state index in [2.05, 4.69) is 4.90 Å². The predicted molar refractivity (Wildman–Crippen MR) is 149 cm³/mol. The van der Waals surface area contributed by atoms with Crippen LogP contribution < -0.4 is 14.4 Å². The Morgan fingerprint density at radius 1 is 1.05 bits per heavy atom. The number of fused-ring (bicyclic) bond motifs is 2. The molecule has 0 aliphatic carbocycles. The number of carbonyl (C=O) groups is 1. The van der Waals surface area contributed by atoms with Crippen LogP contribution in [0.15, 0.2) is 54.6 Å². The van der Waals surface area contributed by atoms with Crippen LogP contribution in [0.3, 0.4) is 0 Å². The van der Waals surface area contributed by atoms with Gasteiger partial charge < -0.3 is 14.2 Å². The molecule has 0 radical (unpaired) electrons. The number of hydrogen-bond acceptors (Lipinski definition) is 7. The van der Waals surface area contributed by atoms with Crippen molar-refractivity contribution < 1.29 is 19.0 Å². The molecule has 0 N–H and O–H groups in total. The molecule has 1 saturated heterocycles. The van der Waals surface area contributed by atoms with Crippen molar-refractivity contribution in [3.05, 3.63) is 60.2 Å². The molecule has 1 aromatic heterocycles. The molecule has 1 aliphatic heterocycles. The highest BCUT2D eigenvalue weighted by Gasteiger charge is 2.26. The lowest BCUT2D eigenvalue weighted by molar-refractivity contribution is 0.0376. The minimum atomic E-state index is -0.0914. The molecule has 0 saturated carbocycles. The fourth-order valence-electron chi connectivity index (χ4n) is 4.71. The monoisotopic (exact) mass is 519 g/mol. The second-order valence-electron chi connectivity index (χ2n) is 8.92. The van der Waals surface area contributed by atoms with E-state index in [1.807, 2.05) is 73.3 Å². The van der Waals surface area contributed by atoms with Gasteiger partial charge >= 0.3 is 0 Å². The summed E-state index contributed by atoms with van der Waals surface area (Å²) in [5.74, 6) is 1.32. The summed E-state index contributed by atoms with van der Waals surface area (Å²) in [5, 5.41) is 2.58. The van der Waals surface area contributed by atoms with Gasteiger partial charge in [0, 0.05) is 26.2 Å². The highest BCUT2D eigenvalue weighted by molar-refractivity contribution is 7.22. The minimum absolute atomic E-state index is 0.0914. The topological polar surface area (TPSA) is 64.1 Å². The van der Waals surface area contributed by atoms with Crippen LogP contribution in [0.4, 0.5) is 5.13 Å². The Hall–Kier alpha value is -3.20. The van der Waals surface area contributed by atoms with Crippen molar-refractivity contribution in [1.82, 2.24) is 9.88 Å². The summed E-state index contributed by atoms with van der Waals surface area (Å²) >= 11 is 1.52. The molecule has 1 aliphatic rings. The molecule has 7 nitrogen and oxygen atoms in total. The predicted octanol–water partition coefficient (Wildman–Crippen LogP) is 5.62. The molecule has 2 heterocycles. The number of hydrogen-bond donors (Lipinski definition) is 0. The summed E-state index contributed by atoms with van der Waals surface area (Å²) < 4.78 is 18.1. The lowest BCUT2D eigenvalue weighted by Crippen LogP contribution is -2.39. The molecule has 5 rings (SSSR count). The highest BCUT2D eigenvalue weighted by Crippen LogP contribution is 2.35. The van der Waals surface area contributed by atoms with Gasteiger partial charge in [-0.25, -0.2) is 4.98 Å². The standard InChI is InChI=1S/C29H33N3O4S/c1-3-35-22-11-12-24-26(20-22)37-29(30-24)32(15-7-14-31-16-18-34-19-17-31)28(33)27-23-9-6-5-8-21(23)10-13-25(27)36-4-2/h5-6,8-13,20H,3-4,7,14-19H2,1-2H3. The molecule has 194 valence electrons. The Morgan fingerprint density at radius 2 is 1.86 bits per heavy atom. The maximum atomic E-state index is 14.3. The molecule has 8 heteroatoms. The fourth-order valence-corrected chi connectivity index (χ4v) is 5.73. The van der Waals surface area contributed by atoms with Crippen LogP contribution in [-0.4, -0.2) is 68.4 Å². The number of thiazole rings is 1. The minimum Gasteiger partial charge on any atom is -0.494 e. The van der Waals surface area contributed by atoms with Gasteiger partial charge in [-0.05, 0) is 55.3 Å². The Bertz CT molecular complexity index is 1370. The third-order valence-corrected chi connectivity index (χ3v) is 7.54. The molecule has 0 atom stereocenters. The van der Waals surface area contributed by atoms with Gasteiger partial charge in [0.15, 0.2) is 5.13 Å². The highest BCUT2D eigenvalue weighted by atomic mass is 32.1. The van der Waals surface area contributed by atoms with Crippen molar-refractivity contribution >= 4 is 43.4 Å². The van der Waals surface area contributed by atoms with Gasteiger partial charge in [0.2, 0.25) is 0 Å². The Kier molecular flexibility index (Phi) is 8.18. The SMILES string of the molecule is CCOc1ccc2nc(N(CCCN3CCOCC3)C(=O)c3c(OCC)ccc4ccccc34)sc2c1. The molecule has 0 spiro atoms. The van der Waals surface area contributed by atoms with Gasteiger partial charge in [-0.1, -0.05) is 41.7 Å². The van der Waals surface area contributed by atoms with Crippen molar-refractivity contribution in [2.45, 2.75) is 20.3 Å². The van der Waals surface area contributed by atoms with Gasteiger partial charge in [-0.2, -0.15) is 0 Å². The van der Waals surface area contributed by atoms with Gasteiger partial charge in [0.25, 0.3) is 5.91 Å². The third-order valence-electron chi connectivity index (χ3n) is 6.50. The molecule has 37 heavy (non-hydrogen) atoms. The van der Waals surface area contributed by atoms with E-state index in [0.29, 0.717) is 36.2 Å². The summed E-state index contributed by atoms with van der Waals surface area (Å²) in [6.07, 6.45) is 0.834. The van der Waals surface area contributed by atoms with Gasteiger partial charge in [0.05, 0.1) is 42.2 Å². The largest absolute Gasteiger partial charge is 0.494 e. The first kappa shape index (κ1) is 25.4. The van der Waals surface area contributed by atoms with Crippen molar-refractivity contribution in [2.75, 3.05) is 57.5 Å². The summed E-state index contributed by atoms with van der Waals surface area (Å²) in [4.78, 5) is 23.4. The lowest BCUT2D eigenvalue weighted by Gasteiger charge is -2.28. The van der Waals surface area contributed by atoms with E-state index in [1.165, 1.54) is 11.3 Å². The van der Waals surface area contributed by atoms with Crippen molar-refractivity contribution in [3.8, 4) is 11.5 Å². The zero-order valence-electron chi connectivity index (χ0n) is 21.4. The average Bonchev–Trinajstić information content (AvgIpc) is 3.34. The molecule has 0 bridgehead atoms. The van der Waals surface area contributed by atoms with Crippen LogP contribution in [-0.2, 0) is 4.74 Å². The van der Waals surface area contributed by atoms with Gasteiger partial charge in [-0.3, -0.25) is 14.6 Å². The summed E-state index contributed by atoms with van der Waals surface area (Å²) in [6.45, 7) is 9.82. The molecule has 1 fully saturated rings. The number of carbonyl (C=O) groups excluding carboxylic acids is 1. The van der Waals surface area contributed by atoms with E-state index in [0.717, 1.165) is 66.0 Å². The molecular weight excluding hydrogens is 486 g/mol. The van der Waals surface area contributed by atoms with Crippen molar-refractivity contribution in [3.63, 3.8) is 0 Å². The number of benzene rings is 3.